The van der Waals surface area contributed by atoms with E-state index in [0.29, 0.717) is 5.84 Å². The minimum atomic E-state index is -0.124. The Labute approximate surface area is 91.0 Å². The molecule has 0 atom stereocenters. The Hall–Kier alpha value is -1.51. The normalized spacial score (nSPS) is 12.7. The van der Waals surface area contributed by atoms with Crippen molar-refractivity contribution in [3.05, 3.63) is 24.3 Å². The zero-order chi connectivity index (χ0) is 11.5. The number of aliphatic imine (C=N–C) groups is 1. The summed E-state index contributed by atoms with van der Waals surface area (Å²) in [4.78, 5) is 4.37. The summed E-state index contributed by atoms with van der Waals surface area (Å²) in [6.45, 7) is 6.09. The number of ether oxygens (including phenoxy) is 1. The van der Waals surface area contributed by atoms with Gasteiger partial charge in [-0.1, -0.05) is 32.9 Å². The van der Waals surface area contributed by atoms with Gasteiger partial charge in [-0.05, 0) is 12.1 Å². The first-order chi connectivity index (χ1) is 6.95. The van der Waals surface area contributed by atoms with Crippen molar-refractivity contribution in [1.29, 1.82) is 0 Å². The summed E-state index contributed by atoms with van der Waals surface area (Å²) < 4.78 is 5.20. The van der Waals surface area contributed by atoms with Crippen LogP contribution in [0.5, 0.6) is 5.75 Å². The van der Waals surface area contributed by atoms with Gasteiger partial charge >= 0.3 is 0 Å². The second-order valence-electron chi connectivity index (χ2n) is 4.42. The molecule has 0 radical (unpaired) electrons. The van der Waals surface area contributed by atoms with E-state index in [1.807, 2.05) is 45.0 Å². The van der Waals surface area contributed by atoms with E-state index >= 15 is 0 Å². The maximum absolute atomic E-state index is 5.90. The summed E-state index contributed by atoms with van der Waals surface area (Å²) in [5, 5.41) is 0. The highest BCUT2D eigenvalue weighted by Crippen LogP contribution is 2.28. The van der Waals surface area contributed by atoms with Crippen LogP contribution in [0.2, 0.25) is 0 Å². The van der Waals surface area contributed by atoms with Gasteiger partial charge in [-0.2, -0.15) is 0 Å². The van der Waals surface area contributed by atoms with Crippen molar-refractivity contribution in [2.24, 2.45) is 16.1 Å². The number of para-hydroxylation sites is 2. The first-order valence-corrected chi connectivity index (χ1v) is 4.93. The Bertz CT molecular complexity index is 364. The second kappa shape index (κ2) is 4.34. The predicted molar refractivity (Wildman–Crippen MR) is 63.7 cm³/mol. The van der Waals surface area contributed by atoms with Gasteiger partial charge < -0.3 is 10.5 Å². The smallest absolute Gasteiger partial charge is 0.144 e. The van der Waals surface area contributed by atoms with Crippen LogP contribution in [0.25, 0.3) is 0 Å². The Kier molecular flexibility index (Phi) is 3.35. The van der Waals surface area contributed by atoms with E-state index in [-0.39, 0.29) is 5.41 Å². The lowest BCUT2D eigenvalue weighted by molar-refractivity contribution is 0.416. The fourth-order valence-corrected chi connectivity index (χ4v) is 1.02. The van der Waals surface area contributed by atoms with E-state index in [9.17, 15) is 0 Å². The highest BCUT2D eigenvalue weighted by molar-refractivity contribution is 5.88. The lowest BCUT2D eigenvalue weighted by Crippen LogP contribution is -2.28. The van der Waals surface area contributed by atoms with Gasteiger partial charge in [-0.3, -0.25) is 0 Å². The third kappa shape index (κ3) is 2.98. The molecule has 82 valence electrons. The number of hydrogen-bond donors (Lipinski definition) is 1. The van der Waals surface area contributed by atoms with Crippen LogP contribution in [0.4, 0.5) is 5.69 Å². The van der Waals surface area contributed by atoms with Crippen molar-refractivity contribution >= 4 is 11.5 Å². The molecule has 2 N–H and O–H groups in total. The monoisotopic (exact) mass is 206 g/mol. The average molecular weight is 206 g/mol. The third-order valence-corrected chi connectivity index (χ3v) is 2.09. The molecule has 0 fully saturated rings. The first-order valence-electron chi connectivity index (χ1n) is 4.93. The molecular formula is C12H18N2O. The van der Waals surface area contributed by atoms with Gasteiger partial charge in [0.05, 0.1) is 7.11 Å². The fourth-order valence-electron chi connectivity index (χ4n) is 1.02. The van der Waals surface area contributed by atoms with Crippen LogP contribution in [-0.4, -0.2) is 12.9 Å². The molecule has 0 bridgehead atoms. The first kappa shape index (κ1) is 11.6. The largest absolute Gasteiger partial charge is 0.494 e. The maximum atomic E-state index is 5.90. The molecule has 1 aromatic rings. The number of methoxy groups -OCH3 is 1. The number of rotatable bonds is 2. The molecule has 15 heavy (non-hydrogen) atoms. The molecule has 0 unspecified atom stereocenters. The van der Waals surface area contributed by atoms with E-state index in [1.165, 1.54) is 0 Å². The van der Waals surface area contributed by atoms with Crippen molar-refractivity contribution in [3.8, 4) is 5.75 Å². The second-order valence-corrected chi connectivity index (χ2v) is 4.42. The molecule has 0 saturated carbocycles. The van der Waals surface area contributed by atoms with Crippen molar-refractivity contribution in [2.45, 2.75) is 20.8 Å². The van der Waals surface area contributed by atoms with Crippen molar-refractivity contribution in [3.63, 3.8) is 0 Å². The Balaban J connectivity index is 3.08. The topological polar surface area (TPSA) is 47.6 Å². The lowest BCUT2D eigenvalue weighted by Gasteiger charge is -2.17. The molecule has 0 aliphatic heterocycles. The number of nitrogens with zero attached hydrogens (tertiary/aromatic N) is 1. The molecule has 0 spiro atoms. The number of hydrogen-bond acceptors (Lipinski definition) is 2. The lowest BCUT2D eigenvalue weighted by atomic mass is 9.95. The number of benzene rings is 1. The summed E-state index contributed by atoms with van der Waals surface area (Å²) >= 11 is 0. The van der Waals surface area contributed by atoms with Crippen LogP contribution in [0.15, 0.2) is 29.3 Å². The molecule has 0 aromatic heterocycles. The van der Waals surface area contributed by atoms with E-state index in [4.69, 9.17) is 10.5 Å². The van der Waals surface area contributed by atoms with Crippen LogP contribution in [0, 0.1) is 5.41 Å². The van der Waals surface area contributed by atoms with Crippen molar-refractivity contribution in [1.82, 2.24) is 0 Å². The van der Waals surface area contributed by atoms with Gasteiger partial charge in [0.2, 0.25) is 0 Å². The molecule has 0 aliphatic carbocycles. The van der Waals surface area contributed by atoms with Gasteiger partial charge in [-0.25, -0.2) is 4.99 Å². The predicted octanol–water partition coefficient (Wildman–Crippen LogP) is 2.73. The Morgan fingerprint density at radius 1 is 1.27 bits per heavy atom. The van der Waals surface area contributed by atoms with Crippen LogP contribution >= 0.6 is 0 Å². The SMILES string of the molecule is COc1ccccc1N=C(N)C(C)(C)C. The van der Waals surface area contributed by atoms with Crippen LogP contribution in [-0.2, 0) is 0 Å². The summed E-state index contributed by atoms with van der Waals surface area (Å²) in [5.74, 6) is 1.34. The molecule has 0 amide bonds. The highest BCUT2D eigenvalue weighted by Gasteiger charge is 2.16. The van der Waals surface area contributed by atoms with E-state index in [1.54, 1.807) is 7.11 Å². The van der Waals surface area contributed by atoms with Crippen molar-refractivity contribution < 1.29 is 4.74 Å². The van der Waals surface area contributed by atoms with Crippen LogP contribution in [0.1, 0.15) is 20.8 Å². The molecule has 3 heteroatoms. The zero-order valence-corrected chi connectivity index (χ0v) is 9.74. The zero-order valence-electron chi connectivity index (χ0n) is 9.74. The molecule has 1 rings (SSSR count). The highest BCUT2D eigenvalue weighted by atomic mass is 16.5. The average Bonchev–Trinajstić information content (AvgIpc) is 2.17. The quantitative estimate of drug-likeness (QED) is 0.597. The molecule has 3 nitrogen and oxygen atoms in total. The van der Waals surface area contributed by atoms with Crippen LogP contribution < -0.4 is 10.5 Å². The molecule has 1 aromatic carbocycles. The van der Waals surface area contributed by atoms with Gasteiger partial charge in [-0.15, -0.1) is 0 Å². The van der Waals surface area contributed by atoms with Gasteiger partial charge in [0, 0.05) is 5.41 Å². The molecule has 0 aliphatic rings. The maximum Gasteiger partial charge on any atom is 0.144 e. The summed E-state index contributed by atoms with van der Waals surface area (Å²) in [6.07, 6.45) is 0. The molecule has 0 saturated heterocycles. The van der Waals surface area contributed by atoms with E-state index in [2.05, 4.69) is 4.99 Å². The number of nitrogens with two attached hydrogens (primary N) is 1. The van der Waals surface area contributed by atoms with E-state index in [0.717, 1.165) is 11.4 Å². The van der Waals surface area contributed by atoms with Gasteiger partial charge in [0.1, 0.15) is 17.3 Å². The minimum absolute atomic E-state index is 0.124. The molecular weight excluding hydrogens is 188 g/mol. The Morgan fingerprint density at radius 2 is 1.87 bits per heavy atom. The van der Waals surface area contributed by atoms with Gasteiger partial charge in [0.15, 0.2) is 0 Å². The fraction of sp³-hybridized carbons (Fsp3) is 0.417. The van der Waals surface area contributed by atoms with Gasteiger partial charge in [0.25, 0.3) is 0 Å². The summed E-state index contributed by atoms with van der Waals surface area (Å²) in [6, 6.07) is 7.58. The number of amidine groups is 1. The summed E-state index contributed by atoms with van der Waals surface area (Å²) in [5.41, 5.74) is 6.55. The van der Waals surface area contributed by atoms with Crippen molar-refractivity contribution in [2.75, 3.05) is 7.11 Å². The Morgan fingerprint density at radius 3 is 2.40 bits per heavy atom. The summed E-state index contributed by atoms with van der Waals surface area (Å²) in [7, 11) is 1.63. The minimum Gasteiger partial charge on any atom is -0.494 e. The standard InChI is InChI=1S/C12H18N2O/c1-12(2,3)11(13)14-9-7-5-6-8-10(9)15-4/h5-8H,1-4H3,(H2,13,14). The van der Waals surface area contributed by atoms with Crippen LogP contribution in [0.3, 0.4) is 0 Å². The molecule has 0 heterocycles. The third-order valence-electron chi connectivity index (χ3n) is 2.09. The van der Waals surface area contributed by atoms with E-state index < -0.39 is 0 Å².